The van der Waals surface area contributed by atoms with Gasteiger partial charge in [0.15, 0.2) is 0 Å². The fourth-order valence-electron chi connectivity index (χ4n) is 4.42. The lowest BCUT2D eigenvalue weighted by atomic mass is 9.98. The number of amides is 3. The summed E-state index contributed by atoms with van der Waals surface area (Å²) in [6.45, 7) is 4.65. The number of hydrogen-bond acceptors (Lipinski definition) is 5. The van der Waals surface area contributed by atoms with Gasteiger partial charge >= 0.3 is 0 Å². The van der Waals surface area contributed by atoms with Gasteiger partial charge in [-0.15, -0.1) is 0 Å². The molecule has 0 radical (unpaired) electrons. The van der Waals surface area contributed by atoms with E-state index in [1.54, 1.807) is 35.2 Å². The number of thioether (sulfide) groups is 1. The van der Waals surface area contributed by atoms with Gasteiger partial charge in [-0.3, -0.25) is 24.2 Å². The third-order valence-corrected chi connectivity index (χ3v) is 8.11. The maximum Gasteiger partial charge on any atom is 0.267 e. The van der Waals surface area contributed by atoms with E-state index in [1.165, 1.54) is 16.7 Å². The van der Waals surface area contributed by atoms with Crippen LogP contribution >= 0.6 is 35.6 Å². The van der Waals surface area contributed by atoms with Gasteiger partial charge in [0.25, 0.3) is 11.8 Å². The predicted molar refractivity (Wildman–Crippen MR) is 151 cm³/mol. The highest BCUT2D eigenvalue weighted by Crippen LogP contribution is 2.44. The second-order valence-corrected chi connectivity index (χ2v) is 10.9. The third kappa shape index (κ3) is 5.51. The quantitative estimate of drug-likeness (QED) is 0.306. The molecule has 0 aromatic heterocycles. The van der Waals surface area contributed by atoms with Crippen LogP contribution in [-0.2, 0) is 14.4 Å². The standard InChI is InChI=1S/C27H28ClN3O3S2/c1-3-5-8-17(4-2)15-31-26(34)24(36-27(31)35)23-20-9-6-7-10-21(20)30(25(23)33)16-22(32)29-19-13-11-18(28)12-14-19/h6-7,9-14,17H,3-5,8,15-16H2,1-2H3,(H,29,32)/b24-23-/t17-/m1/s1. The van der Waals surface area contributed by atoms with Crippen LogP contribution in [0.3, 0.4) is 0 Å². The molecule has 0 unspecified atom stereocenters. The summed E-state index contributed by atoms with van der Waals surface area (Å²) >= 11 is 12.7. The van der Waals surface area contributed by atoms with Crippen molar-refractivity contribution in [2.75, 3.05) is 23.3 Å². The Balaban J connectivity index is 1.58. The fraction of sp³-hybridized carbons (Fsp3) is 0.333. The molecule has 1 saturated heterocycles. The van der Waals surface area contributed by atoms with Crippen molar-refractivity contribution < 1.29 is 14.4 Å². The minimum atomic E-state index is -0.374. The van der Waals surface area contributed by atoms with Crippen LogP contribution < -0.4 is 10.2 Å². The topological polar surface area (TPSA) is 69.7 Å². The first kappa shape index (κ1) is 26.4. The van der Waals surface area contributed by atoms with Crippen molar-refractivity contribution >= 4 is 74.6 Å². The number of carbonyl (C=O) groups is 3. The molecule has 2 aliphatic rings. The predicted octanol–water partition coefficient (Wildman–Crippen LogP) is 6.11. The second-order valence-electron chi connectivity index (χ2n) is 8.87. The second kappa shape index (κ2) is 11.6. The molecule has 188 valence electrons. The summed E-state index contributed by atoms with van der Waals surface area (Å²) in [4.78, 5) is 43.3. The summed E-state index contributed by atoms with van der Waals surface area (Å²) in [7, 11) is 0. The Morgan fingerprint density at radius 2 is 1.78 bits per heavy atom. The number of anilines is 2. The molecule has 2 heterocycles. The average Bonchev–Trinajstić information content (AvgIpc) is 3.30. The lowest BCUT2D eigenvalue weighted by molar-refractivity contribution is -0.123. The van der Waals surface area contributed by atoms with E-state index in [9.17, 15) is 14.4 Å². The van der Waals surface area contributed by atoms with E-state index in [-0.39, 0.29) is 24.3 Å². The summed E-state index contributed by atoms with van der Waals surface area (Å²) < 4.78 is 0.474. The van der Waals surface area contributed by atoms with E-state index in [4.69, 9.17) is 23.8 Å². The molecule has 2 aliphatic heterocycles. The summed E-state index contributed by atoms with van der Waals surface area (Å²) in [5, 5.41) is 3.35. The number of carbonyl (C=O) groups excluding carboxylic acids is 3. The van der Waals surface area contributed by atoms with Gasteiger partial charge in [0, 0.05) is 22.8 Å². The Labute approximate surface area is 226 Å². The number of unbranched alkanes of at least 4 members (excludes halogenated alkanes) is 1. The van der Waals surface area contributed by atoms with E-state index in [0.717, 1.165) is 25.7 Å². The van der Waals surface area contributed by atoms with Crippen molar-refractivity contribution in [1.82, 2.24) is 4.90 Å². The molecule has 0 bridgehead atoms. The molecule has 1 fully saturated rings. The number of nitrogens with one attached hydrogen (secondary N) is 1. The van der Waals surface area contributed by atoms with Crippen LogP contribution in [0, 0.1) is 5.92 Å². The lowest BCUT2D eigenvalue weighted by Crippen LogP contribution is -2.36. The number of fused-ring (bicyclic) bond motifs is 1. The molecular formula is C27H28ClN3O3S2. The minimum Gasteiger partial charge on any atom is -0.325 e. The maximum absolute atomic E-state index is 13.6. The molecular weight excluding hydrogens is 514 g/mol. The summed E-state index contributed by atoms with van der Waals surface area (Å²) in [6, 6.07) is 14.0. The normalized spacial score (nSPS) is 18.1. The number of thiocarbonyl (C=S) groups is 1. The highest BCUT2D eigenvalue weighted by Gasteiger charge is 2.42. The number of para-hydroxylation sites is 1. The molecule has 0 aliphatic carbocycles. The van der Waals surface area contributed by atoms with Crippen LogP contribution in [0.1, 0.15) is 45.1 Å². The number of halogens is 1. The van der Waals surface area contributed by atoms with Gasteiger partial charge < -0.3 is 5.32 Å². The van der Waals surface area contributed by atoms with Gasteiger partial charge in [0.05, 0.1) is 16.2 Å². The van der Waals surface area contributed by atoms with E-state index in [0.29, 0.717) is 49.2 Å². The van der Waals surface area contributed by atoms with Gasteiger partial charge in [-0.2, -0.15) is 0 Å². The molecule has 9 heteroatoms. The molecule has 36 heavy (non-hydrogen) atoms. The third-order valence-electron chi connectivity index (χ3n) is 6.41. The van der Waals surface area contributed by atoms with Gasteiger partial charge in [-0.1, -0.05) is 86.9 Å². The van der Waals surface area contributed by atoms with E-state index in [1.807, 2.05) is 18.2 Å². The Kier molecular flexibility index (Phi) is 8.49. The molecule has 2 aromatic carbocycles. The van der Waals surface area contributed by atoms with E-state index in [2.05, 4.69) is 19.2 Å². The fourth-order valence-corrected chi connectivity index (χ4v) is 5.89. The Hall–Kier alpha value is -2.68. The van der Waals surface area contributed by atoms with Gasteiger partial charge in [0.2, 0.25) is 5.91 Å². The summed E-state index contributed by atoms with van der Waals surface area (Å²) in [6.07, 6.45) is 4.20. The monoisotopic (exact) mass is 541 g/mol. The number of nitrogens with zero attached hydrogens (tertiary/aromatic N) is 2. The molecule has 0 spiro atoms. The van der Waals surface area contributed by atoms with Crippen LogP contribution in [0.15, 0.2) is 53.4 Å². The average molecular weight is 542 g/mol. The molecule has 0 saturated carbocycles. The lowest BCUT2D eigenvalue weighted by Gasteiger charge is -2.21. The Morgan fingerprint density at radius 1 is 1.06 bits per heavy atom. The SMILES string of the molecule is CCCC[C@@H](CC)CN1C(=O)/C(=C2/C(=O)N(CC(=O)Nc3ccc(Cl)cc3)c3ccccc32)SC1=S. The smallest absolute Gasteiger partial charge is 0.267 e. The zero-order valence-corrected chi connectivity index (χ0v) is 22.6. The van der Waals surface area contributed by atoms with Crippen LogP contribution in [0.4, 0.5) is 11.4 Å². The van der Waals surface area contributed by atoms with Crippen molar-refractivity contribution in [3.8, 4) is 0 Å². The van der Waals surface area contributed by atoms with Crippen LogP contribution in [-0.4, -0.2) is 40.0 Å². The van der Waals surface area contributed by atoms with Crippen molar-refractivity contribution in [2.45, 2.75) is 39.5 Å². The minimum absolute atomic E-state index is 0.183. The van der Waals surface area contributed by atoms with Crippen molar-refractivity contribution in [2.24, 2.45) is 5.92 Å². The molecule has 1 N–H and O–H groups in total. The first-order valence-corrected chi connectivity index (χ1v) is 13.7. The maximum atomic E-state index is 13.6. The first-order chi connectivity index (χ1) is 17.3. The van der Waals surface area contributed by atoms with E-state index >= 15 is 0 Å². The van der Waals surface area contributed by atoms with E-state index < -0.39 is 0 Å². The largest absolute Gasteiger partial charge is 0.325 e. The number of hydrogen-bond donors (Lipinski definition) is 1. The van der Waals surface area contributed by atoms with Crippen LogP contribution in [0.25, 0.3) is 5.57 Å². The zero-order chi connectivity index (χ0) is 25.8. The van der Waals surface area contributed by atoms with Crippen LogP contribution in [0.2, 0.25) is 5.02 Å². The number of rotatable bonds is 9. The molecule has 3 amide bonds. The van der Waals surface area contributed by atoms with Gasteiger partial charge in [0.1, 0.15) is 10.9 Å². The Bertz CT molecular complexity index is 1230. The van der Waals surface area contributed by atoms with Gasteiger partial charge in [-0.05, 0) is 42.7 Å². The first-order valence-electron chi connectivity index (χ1n) is 12.1. The molecule has 2 aromatic rings. The van der Waals surface area contributed by atoms with Crippen LogP contribution in [0.5, 0.6) is 0 Å². The molecule has 4 rings (SSSR count). The number of benzene rings is 2. The highest BCUT2D eigenvalue weighted by molar-refractivity contribution is 8.26. The molecule has 6 nitrogen and oxygen atoms in total. The van der Waals surface area contributed by atoms with Gasteiger partial charge in [-0.25, -0.2) is 0 Å². The van der Waals surface area contributed by atoms with Crippen molar-refractivity contribution in [3.05, 3.63) is 64.0 Å². The summed E-state index contributed by atoms with van der Waals surface area (Å²) in [5.41, 5.74) is 2.13. The zero-order valence-electron chi connectivity index (χ0n) is 20.3. The highest BCUT2D eigenvalue weighted by atomic mass is 35.5. The Morgan fingerprint density at radius 3 is 2.47 bits per heavy atom. The summed E-state index contributed by atoms with van der Waals surface area (Å²) in [5.74, 6) is -0.598. The molecule has 1 atom stereocenters. The van der Waals surface area contributed by atoms with Crippen molar-refractivity contribution in [3.63, 3.8) is 0 Å². The van der Waals surface area contributed by atoms with Crippen molar-refractivity contribution in [1.29, 1.82) is 0 Å².